The fourth-order valence-corrected chi connectivity index (χ4v) is 1.75. The minimum atomic E-state index is -0.400. The SMILES string of the molecule is CC(CC(N)=O)Nc1nccn(C2CC2)c1=O. The summed E-state index contributed by atoms with van der Waals surface area (Å²) in [6, 6.07) is 0.125. The zero-order chi connectivity index (χ0) is 12.4. The quantitative estimate of drug-likeness (QED) is 0.767. The number of rotatable bonds is 5. The van der Waals surface area contributed by atoms with E-state index >= 15 is 0 Å². The van der Waals surface area contributed by atoms with E-state index in [1.165, 1.54) is 0 Å². The molecule has 17 heavy (non-hydrogen) atoms. The highest BCUT2D eigenvalue weighted by Gasteiger charge is 2.25. The number of hydrogen-bond donors (Lipinski definition) is 2. The molecule has 1 fully saturated rings. The molecular formula is C11H16N4O2. The van der Waals surface area contributed by atoms with Gasteiger partial charge in [0.1, 0.15) is 0 Å². The van der Waals surface area contributed by atoms with E-state index in [9.17, 15) is 9.59 Å². The van der Waals surface area contributed by atoms with E-state index in [2.05, 4.69) is 10.3 Å². The molecule has 1 atom stereocenters. The molecule has 92 valence electrons. The number of hydrogen-bond acceptors (Lipinski definition) is 4. The Morgan fingerprint density at radius 3 is 3.00 bits per heavy atom. The van der Waals surface area contributed by atoms with Crippen LogP contribution in [0.1, 0.15) is 32.2 Å². The monoisotopic (exact) mass is 236 g/mol. The summed E-state index contributed by atoms with van der Waals surface area (Å²) in [5.41, 5.74) is 4.96. The summed E-state index contributed by atoms with van der Waals surface area (Å²) < 4.78 is 1.69. The highest BCUT2D eigenvalue weighted by atomic mass is 16.1. The first-order valence-electron chi connectivity index (χ1n) is 5.70. The molecular weight excluding hydrogens is 220 g/mol. The van der Waals surface area contributed by atoms with Gasteiger partial charge in [-0.25, -0.2) is 4.98 Å². The molecule has 1 aliphatic rings. The normalized spacial score (nSPS) is 16.5. The van der Waals surface area contributed by atoms with Gasteiger partial charge in [0.05, 0.1) is 0 Å². The van der Waals surface area contributed by atoms with Crippen molar-refractivity contribution in [3.63, 3.8) is 0 Å². The summed E-state index contributed by atoms with van der Waals surface area (Å²) in [5.74, 6) is -0.114. The molecule has 1 saturated carbocycles. The van der Waals surface area contributed by atoms with E-state index in [4.69, 9.17) is 5.73 Å². The summed E-state index contributed by atoms with van der Waals surface area (Å²) in [5, 5.41) is 2.92. The number of amides is 1. The predicted molar refractivity (Wildman–Crippen MR) is 63.7 cm³/mol. The van der Waals surface area contributed by atoms with Crippen LogP contribution in [0.5, 0.6) is 0 Å². The van der Waals surface area contributed by atoms with Crippen molar-refractivity contribution in [3.05, 3.63) is 22.7 Å². The van der Waals surface area contributed by atoms with Crippen molar-refractivity contribution in [3.8, 4) is 0 Å². The number of carbonyl (C=O) groups is 1. The molecule has 1 aromatic rings. The largest absolute Gasteiger partial charge is 0.370 e. The highest BCUT2D eigenvalue weighted by molar-refractivity contribution is 5.74. The number of nitrogens with zero attached hydrogens (tertiary/aromatic N) is 2. The van der Waals surface area contributed by atoms with Gasteiger partial charge >= 0.3 is 0 Å². The van der Waals surface area contributed by atoms with Crippen molar-refractivity contribution in [2.45, 2.75) is 38.3 Å². The molecule has 1 unspecified atom stereocenters. The second-order valence-electron chi connectivity index (χ2n) is 4.44. The van der Waals surface area contributed by atoms with Crippen LogP contribution < -0.4 is 16.6 Å². The van der Waals surface area contributed by atoms with Gasteiger partial charge in [-0.15, -0.1) is 0 Å². The average Bonchev–Trinajstić information content (AvgIpc) is 3.03. The summed E-state index contributed by atoms with van der Waals surface area (Å²) >= 11 is 0. The number of anilines is 1. The summed E-state index contributed by atoms with van der Waals surface area (Å²) in [6.45, 7) is 1.79. The molecule has 0 aliphatic heterocycles. The molecule has 3 N–H and O–H groups in total. The maximum absolute atomic E-state index is 12.0. The Morgan fingerprint density at radius 2 is 2.41 bits per heavy atom. The summed E-state index contributed by atoms with van der Waals surface area (Å²) in [6.07, 6.45) is 5.56. The van der Waals surface area contributed by atoms with Crippen LogP contribution in [0.25, 0.3) is 0 Å². The lowest BCUT2D eigenvalue weighted by Crippen LogP contribution is -2.30. The van der Waals surface area contributed by atoms with Gasteiger partial charge in [0.2, 0.25) is 5.91 Å². The molecule has 0 aromatic carbocycles. The lowest BCUT2D eigenvalue weighted by molar-refractivity contribution is -0.118. The van der Waals surface area contributed by atoms with Gasteiger partial charge in [-0.05, 0) is 19.8 Å². The molecule has 6 heteroatoms. The maximum atomic E-state index is 12.0. The van der Waals surface area contributed by atoms with Crippen molar-refractivity contribution >= 4 is 11.7 Å². The van der Waals surface area contributed by atoms with Gasteiger partial charge < -0.3 is 15.6 Å². The fourth-order valence-electron chi connectivity index (χ4n) is 1.75. The number of nitrogens with one attached hydrogen (secondary N) is 1. The van der Waals surface area contributed by atoms with E-state index in [1.807, 2.05) is 0 Å². The van der Waals surface area contributed by atoms with Gasteiger partial charge in [0.25, 0.3) is 5.56 Å². The Bertz CT molecular complexity index is 479. The maximum Gasteiger partial charge on any atom is 0.293 e. The summed E-state index contributed by atoms with van der Waals surface area (Å²) in [4.78, 5) is 26.7. The second kappa shape index (κ2) is 4.57. The van der Waals surface area contributed by atoms with Gasteiger partial charge in [-0.1, -0.05) is 0 Å². The van der Waals surface area contributed by atoms with Crippen molar-refractivity contribution in [2.75, 3.05) is 5.32 Å². The molecule has 0 radical (unpaired) electrons. The molecule has 1 amide bonds. The minimum absolute atomic E-state index is 0.133. The minimum Gasteiger partial charge on any atom is -0.370 e. The first kappa shape index (κ1) is 11.6. The number of aromatic nitrogens is 2. The Hall–Kier alpha value is -1.85. The molecule has 2 rings (SSSR count). The average molecular weight is 236 g/mol. The van der Waals surface area contributed by atoms with Crippen LogP contribution in [0, 0.1) is 0 Å². The number of primary amides is 1. The smallest absolute Gasteiger partial charge is 0.293 e. The van der Waals surface area contributed by atoms with E-state index in [1.54, 1.807) is 23.9 Å². The standard InChI is InChI=1S/C11H16N4O2/c1-7(6-9(12)16)14-10-11(17)15(5-4-13-10)8-2-3-8/h4-5,7-8H,2-3,6H2,1H3,(H2,12,16)(H,13,14). The number of carbonyl (C=O) groups excluding carboxylic acids is 1. The van der Waals surface area contributed by atoms with Gasteiger partial charge in [0.15, 0.2) is 5.82 Å². The van der Waals surface area contributed by atoms with Crippen molar-refractivity contribution in [1.82, 2.24) is 9.55 Å². The van der Waals surface area contributed by atoms with Gasteiger partial charge in [-0.2, -0.15) is 0 Å². The van der Waals surface area contributed by atoms with Crippen LogP contribution in [-0.2, 0) is 4.79 Å². The van der Waals surface area contributed by atoms with Crippen LogP contribution in [0.15, 0.2) is 17.2 Å². The van der Waals surface area contributed by atoms with E-state index in [0.717, 1.165) is 12.8 Å². The molecule has 0 bridgehead atoms. The first-order chi connectivity index (χ1) is 8.08. The lowest BCUT2D eigenvalue weighted by Gasteiger charge is -2.13. The molecule has 6 nitrogen and oxygen atoms in total. The van der Waals surface area contributed by atoms with Crippen LogP contribution in [0.3, 0.4) is 0 Å². The Kier molecular flexibility index (Phi) is 3.12. The van der Waals surface area contributed by atoms with E-state index in [-0.39, 0.29) is 23.8 Å². The Morgan fingerprint density at radius 1 is 1.71 bits per heavy atom. The zero-order valence-corrected chi connectivity index (χ0v) is 9.72. The van der Waals surface area contributed by atoms with Crippen molar-refractivity contribution in [2.24, 2.45) is 5.73 Å². The van der Waals surface area contributed by atoms with Crippen LogP contribution in [-0.4, -0.2) is 21.5 Å². The third-order valence-electron chi connectivity index (χ3n) is 2.70. The molecule has 1 aliphatic carbocycles. The third kappa shape index (κ3) is 2.83. The van der Waals surface area contributed by atoms with Crippen molar-refractivity contribution in [1.29, 1.82) is 0 Å². The van der Waals surface area contributed by atoms with E-state index in [0.29, 0.717) is 6.04 Å². The van der Waals surface area contributed by atoms with Crippen LogP contribution in [0.4, 0.5) is 5.82 Å². The lowest BCUT2D eigenvalue weighted by atomic mass is 10.2. The molecule has 0 spiro atoms. The topological polar surface area (TPSA) is 90.0 Å². The zero-order valence-electron chi connectivity index (χ0n) is 9.72. The van der Waals surface area contributed by atoms with Crippen LogP contribution >= 0.6 is 0 Å². The molecule has 1 aromatic heterocycles. The Balaban J connectivity index is 2.13. The second-order valence-corrected chi connectivity index (χ2v) is 4.44. The van der Waals surface area contributed by atoms with Crippen LogP contribution in [0.2, 0.25) is 0 Å². The highest BCUT2D eigenvalue weighted by Crippen LogP contribution is 2.33. The van der Waals surface area contributed by atoms with Gasteiger partial charge in [-0.3, -0.25) is 9.59 Å². The van der Waals surface area contributed by atoms with Gasteiger partial charge in [0, 0.05) is 30.9 Å². The number of nitrogens with two attached hydrogens (primary N) is 1. The predicted octanol–water partition coefficient (Wildman–Crippen LogP) is 0.254. The van der Waals surface area contributed by atoms with Crippen molar-refractivity contribution < 1.29 is 4.79 Å². The summed E-state index contributed by atoms with van der Waals surface area (Å²) in [7, 11) is 0. The third-order valence-corrected chi connectivity index (χ3v) is 2.70. The fraction of sp³-hybridized carbons (Fsp3) is 0.545. The molecule has 0 saturated heterocycles. The Labute approximate surface area is 98.8 Å². The van der Waals surface area contributed by atoms with E-state index < -0.39 is 5.91 Å². The first-order valence-corrected chi connectivity index (χ1v) is 5.70. The molecule has 1 heterocycles.